The Balaban J connectivity index is 2.24. The third-order valence-electron chi connectivity index (χ3n) is 2.62. The number of hydrogen-bond acceptors (Lipinski definition) is 3. The van der Waals surface area contributed by atoms with E-state index in [9.17, 15) is 5.11 Å². The molecule has 1 N–H and O–H groups in total. The Kier molecular flexibility index (Phi) is 3.08. The molecule has 1 aromatic carbocycles. The molecule has 3 heteroatoms. The van der Waals surface area contributed by atoms with Crippen LogP contribution >= 0.6 is 11.3 Å². The molecule has 2 aromatic rings. The van der Waals surface area contributed by atoms with Gasteiger partial charge in [-0.15, -0.1) is 11.3 Å². The summed E-state index contributed by atoms with van der Waals surface area (Å²) in [6.07, 6.45) is 2.33. The van der Waals surface area contributed by atoms with Crippen LogP contribution in [0, 0.1) is 6.92 Å². The lowest BCUT2D eigenvalue weighted by Gasteiger charge is -2.23. The lowest BCUT2D eigenvalue weighted by atomic mass is 9.92. The Morgan fingerprint density at radius 1 is 1.44 bits per heavy atom. The van der Waals surface area contributed by atoms with Crippen molar-refractivity contribution in [3.8, 4) is 0 Å². The van der Waals surface area contributed by atoms with Crippen LogP contribution in [0.15, 0.2) is 35.8 Å². The van der Waals surface area contributed by atoms with Gasteiger partial charge in [-0.25, -0.2) is 4.98 Å². The maximum Gasteiger partial charge on any atom is 0.0956 e. The van der Waals surface area contributed by atoms with E-state index in [-0.39, 0.29) is 0 Å². The van der Waals surface area contributed by atoms with Crippen LogP contribution < -0.4 is 0 Å². The predicted molar refractivity (Wildman–Crippen MR) is 66.6 cm³/mol. The molecule has 0 aliphatic carbocycles. The molecule has 16 heavy (non-hydrogen) atoms. The van der Waals surface area contributed by atoms with Gasteiger partial charge in [0.1, 0.15) is 0 Å². The second kappa shape index (κ2) is 4.36. The van der Waals surface area contributed by atoms with Crippen LogP contribution in [-0.4, -0.2) is 10.1 Å². The second-order valence-corrected chi connectivity index (χ2v) is 5.23. The number of benzene rings is 1. The first kappa shape index (κ1) is 11.3. The maximum absolute atomic E-state index is 10.4. The van der Waals surface area contributed by atoms with Gasteiger partial charge in [0.15, 0.2) is 0 Å². The number of nitrogens with zero attached hydrogens (tertiary/aromatic N) is 1. The van der Waals surface area contributed by atoms with Crippen LogP contribution in [0.25, 0.3) is 0 Å². The summed E-state index contributed by atoms with van der Waals surface area (Å²) in [6.45, 7) is 3.87. The van der Waals surface area contributed by atoms with Gasteiger partial charge in [0.2, 0.25) is 0 Å². The molecule has 1 atom stereocenters. The van der Waals surface area contributed by atoms with Crippen molar-refractivity contribution >= 4 is 11.3 Å². The van der Waals surface area contributed by atoms with Gasteiger partial charge in [-0.3, -0.25) is 0 Å². The molecule has 0 aliphatic heterocycles. The van der Waals surface area contributed by atoms with E-state index in [0.29, 0.717) is 6.42 Å². The minimum absolute atomic E-state index is 0.564. The summed E-state index contributed by atoms with van der Waals surface area (Å²) in [5.74, 6) is 0. The Hall–Kier alpha value is -1.19. The molecule has 0 fully saturated rings. The highest BCUT2D eigenvalue weighted by Gasteiger charge is 2.24. The van der Waals surface area contributed by atoms with Crippen LogP contribution in [0.5, 0.6) is 0 Å². The summed E-state index contributed by atoms with van der Waals surface area (Å²) in [7, 11) is 0. The van der Waals surface area contributed by atoms with Crippen LogP contribution in [-0.2, 0) is 12.0 Å². The lowest BCUT2D eigenvalue weighted by molar-refractivity contribution is 0.0575. The molecule has 0 saturated heterocycles. The highest BCUT2D eigenvalue weighted by Crippen LogP contribution is 2.26. The van der Waals surface area contributed by atoms with Crippen LogP contribution in [0.1, 0.15) is 23.1 Å². The zero-order valence-corrected chi connectivity index (χ0v) is 10.3. The monoisotopic (exact) mass is 233 g/mol. The van der Waals surface area contributed by atoms with E-state index in [1.165, 1.54) is 0 Å². The maximum atomic E-state index is 10.4. The van der Waals surface area contributed by atoms with Gasteiger partial charge in [0.05, 0.1) is 10.6 Å². The second-order valence-electron chi connectivity index (χ2n) is 4.25. The third kappa shape index (κ3) is 2.49. The first-order chi connectivity index (χ1) is 7.58. The first-order valence-electron chi connectivity index (χ1n) is 5.26. The number of rotatable bonds is 3. The average molecular weight is 233 g/mol. The molecule has 0 amide bonds. The standard InChI is InChI=1S/C13H15NOS/c1-10-4-3-5-11(8-10)13(2,15)9-12-14-6-7-16-12/h3-8,15H,9H2,1-2H3. The molecule has 1 unspecified atom stereocenters. The highest BCUT2D eigenvalue weighted by atomic mass is 32.1. The molecule has 0 aliphatic rings. The fraction of sp³-hybridized carbons (Fsp3) is 0.308. The van der Waals surface area contributed by atoms with Gasteiger partial charge in [0, 0.05) is 18.0 Å². The fourth-order valence-corrected chi connectivity index (χ4v) is 2.48. The molecule has 1 heterocycles. The summed E-state index contributed by atoms with van der Waals surface area (Å²) < 4.78 is 0. The van der Waals surface area contributed by atoms with Gasteiger partial charge in [0.25, 0.3) is 0 Å². The number of aromatic nitrogens is 1. The number of aryl methyl sites for hydroxylation is 1. The Labute approximate surface area is 99.6 Å². The molecule has 1 aromatic heterocycles. The number of aliphatic hydroxyl groups is 1. The smallest absolute Gasteiger partial charge is 0.0956 e. The average Bonchev–Trinajstić information content (AvgIpc) is 2.70. The van der Waals surface area contributed by atoms with Gasteiger partial charge in [-0.05, 0) is 19.4 Å². The molecular formula is C13H15NOS. The van der Waals surface area contributed by atoms with E-state index in [2.05, 4.69) is 4.98 Å². The van der Waals surface area contributed by atoms with Crippen molar-refractivity contribution in [1.29, 1.82) is 0 Å². The van der Waals surface area contributed by atoms with Crippen LogP contribution in [0.3, 0.4) is 0 Å². The van der Waals surface area contributed by atoms with E-state index in [1.54, 1.807) is 17.5 Å². The summed E-state index contributed by atoms with van der Waals surface area (Å²) in [5, 5.41) is 13.3. The minimum Gasteiger partial charge on any atom is -0.385 e. The third-order valence-corrected chi connectivity index (χ3v) is 3.40. The predicted octanol–water partition coefficient (Wildman–Crippen LogP) is 2.90. The number of thiazole rings is 1. The summed E-state index contributed by atoms with van der Waals surface area (Å²) >= 11 is 1.58. The Bertz CT molecular complexity index is 463. The van der Waals surface area contributed by atoms with Crippen LogP contribution in [0.2, 0.25) is 0 Å². The Morgan fingerprint density at radius 3 is 2.88 bits per heavy atom. The van der Waals surface area contributed by atoms with E-state index >= 15 is 0 Å². The molecular weight excluding hydrogens is 218 g/mol. The SMILES string of the molecule is Cc1cccc(C(C)(O)Cc2nccs2)c1. The van der Waals surface area contributed by atoms with Gasteiger partial charge >= 0.3 is 0 Å². The molecule has 0 spiro atoms. The Morgan fingerprint density at radius 2 is 2.25 bits per heavy atom. The zero-order valence-electron chi connectivity index (χ0n) is 9.47. The quantitative estimate of drug-likeness (QED) is 0.884. The van der Waals surface area contributed by atoms with Crippen molar-refractivity contribution in [2.75, 3.05) is 0 Å². The molecule has 84 valence electrons. The van der Waals surface area contributed by atoms with Gasteiger partial charge < -0.3 is 5.11 Å². The molecule has 2 rings (SSSR count). The van der Waals surface area contributed by atoms with Crippen molar-refractivity contribution in [2.24, 2.45) is 0 Å². The molecule has 2 nitrogen and oxygen atoms in total. The van der Waals surface area contributed by atoms with Crippen molar-refractivity contribution < 1.29 is 5.11 Å². The molecule has 0 saturated carbocycles. The minimum atomic E-state index is -0.843. The topological polar surface area (TPSA) is 33.1 Å². The van der Waals surface area contributed by atoms with Crippen molar-refractivity contribution in [3.63, 3.8) is 0 Å². The molecule has 0 radical (unpaired) electrons. The summed E-state index contributed by atoms with van der Waals surface area (Å²) in [4.78, 5) is 4.21. The van der Waals surface area contributed by atoms with Crippen molar-refractivity contribution in [3.05, 3.63) is 52.0 Å². The van der Waals surface area contributed by atoms with Crippen LogP contribution in [0.4, 0.5) is 0 Å². The normalized spacial score (nSPS) is 14.7. The zero-order chi connectivity index (χ0) is 11.6. The van der Waals surface area contributed by atoms with Crippen molar-refractivity contribution in [2.45, 2.75) is 25.9 Å². The van der Waals surface area contributed by atoms with Crippen molar-refractivity contribution in [1.82, 2.24) is 4.98 Å². The van der Waals surface area contributed by atoms with E-state index in [4.69, 9.17) is 0 Å². The van der Waals surface area contributed by atoms with E-state index in [0.717, 1.165) is 16.1 Å². The van der Waals surface area contributed by atoms with E-state index < -0.39 is 5.60 Å². The summed E-state index contributed by atoms with van der Waals surface area (Å²) in [6, 6.07) is 7.98. The fourth-order valence-electron chi connectivity index (χ4n) is 1.72. The lowest BCUT2D eigenvalue weighted by Crippen LogP contribution is -2.24. The van der Waals surface area contributed by atoms with Gasteiger partial charge in [-0.1, -0.05) is 29.8 Å². The largest absolute Gasteiger partial charge is 0.385 e. The number of hydrogen-bond donors (Lipinski definition) is 1. The molecule has 0 bridgehead atoms. The van der Waals surface area contributed by atoms with E-state index in [1.807, 2.05) is 43.5 Å². The van der Waals surface area contributed by atoms with Gasteiger partial charge in [-0.2, -0.15) is 0 Å². The first-order valence-corrected chi connectivity index (χ1v) is 6.14. The highest BCUT2D eigenvalue weighted by molar-refractivity contribution is 7.09. The summed E-state index contributed by atoms with van der Waals surface area (Å²) in [5.41, 5.74) is 1.27.